The topological polar surface area (TPSA) is 111 Å². The van der Waals surface area contributed by atoms with Gasteiger partial charge in [0.1, 0.15) is 18.4 Å². The summed E-state index contributed by atoms with van der Waals surface area (Å²) in [7, 11) is 3.07. The Morgan fingerprint density at radius 1 is 1.13 bits per heavy atom. The molecule has 10 nitrogen and oxygen atoms in total. The lowest BCUT2D eigenvalue weighted by atomic mass is 10.1. The van der Waals surface area contributed by atoms with Gasteiger partial charge in [0.25, 0.3) is 0 Å². The van der Waals surface area contributed by atoms with Crippen molar-refractivity contribution in [1.82, 2.24) is 30.4 Å². The van der Waals surface area contributed by atoms with Crippen molar-refractivity contribution in [2.24, 2.45) is 0 Å². The first-order valence-electron chi connectivity index (χ1n) is 12.8. The zero-order valence-corrected chi connectivity index (χ0v) is 21.9. The molecule has 1 atom stereocenters. The molecule has 1 fully saturated rings. The summed E-state index contributed by atoms with van der Waals surface area (Å²) in [6.45, 7) is 1.52. The number of tetrazole rings is 1. The van der Waals surface area contributed by atoms with Crippen LogP contribution in [0.2, 0.25) is 0 Å². The number of carbonyl (C=O) groups is 2. The van der Waals surface area contributed by atoms with Crippen LogP contribution in [0, 0.1) is 5.82 Å². The second-order valence-electron chi connectivity index (χ2n) is 9.24. The van der Waals surface area contributed by atoms with E-state index in [0.717, 1.165) is 25.7 Å². The zero-order chi connectivity index (χ0) is 27.1. The number of aromatic nitrogens is 4. The van der Waals surface area contributed by atoms with Crippen molar-refractivity contribution in [1.29, 1.82) is 0 Å². The zero-order valence-electron chi connectivity index (χ0n) is 21.9. The van der Waals surface area contributed by atoms with Crippen LogP contribution in [0.25, 0.3) is 11.4 Å². The fraction of sp³-hybridized carbons (Fsp3) is 0.444. The Hall–Kier alpha value is -4.02. The molecule has 38 heavy (non-hydrogen) atoms. The molecule has 11 heteroatoms. The highest BCUT2D eigenvalue weighted by atomic mass is 19.1. The molecule has 0 spiro atoms. The van der Waals surface area contributed by atoms with Crippen LogP contribution in [-0.4, -0.2) is 63.2 Å². The first-order valence-corrected chi connectivity index (χ1v) is 12.8. The monoisotopic (exact) mass is 524 g/mol. The fourth-order valence-electron chi connectivity index (χ4n) is 4.71. The molecule has 2 amide bonds. The quantitative estimate of drug-likeness (QED) is 0.409. The van der Waals surface area contributed by atoms with E-state index < -0.39 is 17.8 Å². The summed E-state index contributed by atoms with van der Waals surface area (Å²) < 4.78 is 25.2. The summed E-state index contributed by atoms with van der Waals surface area (Å²) in [4.78, 5) is 29.4. The van der Waals surface area contributed by atoms with Gasteiger partial charge in [-0.3, -0.25) is 9.59 Å². The molecule has 2 aromatic carbocycles. The van der Waals surface area contributed by atoms with Gasteiger partial charge in [-0.2, -0.15) is 4.80 Å². The van der Waals surface area contributed by atoms with Crippen LogP contribution in [0.4, 0.5) is 4.39 Å². The number of nitrogens with one attached hydrogen (secondary N) is 1. The Morgan fingerprint density at radius 2 is 1.87 bits per heavy atom. The average molecular weight is 525 g/mol. The average Bonchev–Trinajstić information content (AvgIpc) is 3.61. The highest BCUT2D eigenvalue weighted by Crippen LogP contribution is 2.30. The molecule has 3 aromatic rings. The van der Waals surface area contributed by atoms with E-state index in [4.69, 9.17) is 9.47 Å². The maximum Gasteiger partial charge on any atom is 0.247 e. The van der Waals surface area contributed by atoms with E-state index in [9.17, 15) is 14.0 Å². The molecule has 4 rings (SSSR count). The highest BCUT2D eigenvalue weighted by molar-refractivity contribution is 5.87. The molecule has 0 bridgehead atoms. The van der Waals surface area contributed by atoms with Crippen molar-refractivity contribution in [3.8, 4) is 22.9 Å². The molecule has 1 heterocycles. The maximum atomic E-state index is 14.5. The van der Waals surface area contributed by atoms with E-state index >= 15 is 0 Å². The number of methoxy groups -OCH3 is 2. The van der Waals surface area contributed by atoms with Crippen molar-refractivity contribution in [2.75, 3.05) is 14.2 Å². The smallest absolute Gasteiger partial charge is 0.247 e. The summed E-state index contributed by atoms with van der Waals surface area (Å²) >= 11 is 0. The van der Waals surface area contributed by atoms with Gasteiger partial charge in [-0.25, -0.2) is 4.39 Å². The van der Waals surface area contributed by atoms with Gasteiger partial charge in [-0.05, 0) is 48.7 Å². The van der Waals surface area contributed by atoms with E-state index in [1.54, 1.807) is 43.5 Å². The molecule has 1 N–H and O–H groups in total. The summed E-state index contributed by atoms with van der Waals surface area (Å²) in [5.74, 6) is 0.271. The molecule has 0 saturated heterocycles. The number of halogens is 1. The Kier molecular flexibility index (Phi) is 8.88. The van der Waals surface area contributed by atoms with Crippen molar-refractivity contribution >= 4 is 11.8 Å². The molecule has 0 aliphatic heterocycles. The van der Waals surface area contributed by atoms with Crippen LogP contribution < -0.4 is 14.8 Å². The molecule has 1 aromatic heterocycles. The van der Waals surface area contributed by atoms with Crippen molar-refractivity contribution in [3.05, 3.63) is 53.8 Å². The van der Waals surface area contributed by atoms with Gasteiger partial charge < -0.3 is 19.7 Å². The van der Waals surface area contributed by atoms with Crippen molar-refractivity contribution < 1.29 is 23.5 Å². The van der Waals surface area contributed by atoms with Crippen LogP contribution in [0.5, 0.6) is 11.5 Å². The number of carbonyl (C=O) groups excluding carboxylic acids is 2. The Labute approximate surface area is 221 Å². The van der Waals surface area contributed by atoms with E-state index in [-0.39, 0.29) is 25.0 Å². The summed E-state index contributed by atoms with van der Waals surface area (Å²) in [5.41, 5.74) is 0.956. The summed E-state index contributed by atoms with van der Waals surface area (Å²) in [5, 5.41) is 15.5. The van der Waals surface area contributed by atoms with Crippen molar-refractivity contribution in [2.45, 2.75) is 64.2 Å². The molecule has 1 saturated carbocycles. The lowest BCUT2D eigenvalue weighted by Gasteiger charge is -2.31. The van der Waals surface area contributed by atoms with E-state index in [2.05, 4.69) is 20.7 Å². The Balaban J connectivity index is 1.55. The van der Waals surface area contributed by atoms with Crippen LogP contribution in [0.15, 0.2) is 42.5 Å². The largest absolute Gasteiger partial charge is 0.493 e. The molecular formula is C27H33FN6O4. The fourth-order valence-corrected chi connectivity index (χ4v) is 4.71. The lowest BCUT2D eigenvalue weighted by Crippen LogP contribution is -2.51. The first-order chi connectivity index (χ1) is 18.4. The molecule has 1 aliphatic carbocycles. The molecular weight excluding hydrogens is 491 g/mol. The van der Waals surface area contributed by atoms with Crippen LogP contribution >= 0.6 is 0 Å². The minimum atomic E-state index is -0.767. The number of hydrogen-bond acceptors (Lipinski definition) is 7. The van der Waals surface area contributed by atoms with Crippen molar-refractivity contribution in [3.63, 3.8) is 0 Å². The minimum absolute atomic E-state index is 0.0562. The first kappa shape index (κ1) is 27.0. The Bertz CT molecular complexity index is 1260. The normalized spacial score (nSPS) is 14.2. The van der Waals surface area contributed by atoms with E-state index in [1.165, 1.54) is 22.9 Å². The van der Waals surface area contributed by atoms with Crippen LogP contribution in [0.1, 0.15) is 44.6 Å². The third-order valence-electron chi connectivity index (χ3n) is 6.76. The third-order valence-corrected chi connectivity index (χ3v) is 6.76. The second-order valence-corrected chi connectivity index (χ2v) is 9.24. The second kappa shape index (κ2) is 12.5. The van der Waals surface area contributed by atoms with Crippen LogP contribution in [0.3, 0.4) is 0 Å². The maximum absolute atomic E-state index is 14.5. The summed E-state index contributed by atoms with van der Waals surface area (Å²) in [6, 6.07) is 10.8. The van der Waals surface area contributed by atoms with Crippen LogP contribution in [-0.2, 0) is 22.7 Å². The van der Waals surface area contributed by atoms with E-state index in [1.807, 2.05) is 6.92 Å². The van der Waals surface area contributed by atoms with Gasteiger partial charge in [0.15, 0.2) is 11.5 Å². The molecule has 202 valence electrons. The lowest BCUT2D eigenvalue weighted by molar-refractivity contribution is -0.142. The number of nitrogens with zero attached hydrogens (tertiary/aromatic N) is 5. The highest BCUT2D eigenvalue weighted by Gasteiger charge is 2.31. The number of benzene rings is 2. The predicted molar refractivity (Wildman–Crippen MR) is 138 cm³/mol. The van der Waals surface area contributed by atoms with Gasteiger partial charge in [0.2, 0.25) is 17.6 Å². The third kappa shape index (κ3) is 6.27. The molecule has 0 radical (unpaired) electrons. The molecule has 0 unspecified atom stereocenters. The minimum Gasteiger partial charge on any atom is -0.493 e. The number of hydrogen-bond donors (Lipinski definition) is 1. The predicted octanol–water partition coefficient (Wildman–Crippen LogP) is 3.36. The van der Waals surface area contributed by atoms with Gasteiger partial charge >= 0.3 is 0 Å². The summed E-state index contributed by atoms with van der Waals surface area (Å²) in [6.07, 6.45) is 4.36. The van der Waals surface area contributed by atoms with E-state index in [0.29, 0.717) is 34.9 Å². The number of amides is 2. The van der Waals surface area contributed by atoms with Gasteiger partial charge in [-0.15, -0.1) is 10.2 Å². The standard InChI is InChI=1S/C27H33FN6O4/c1-4-22(27(36)29-20-10-6-7-11-20)33(16-19-9-5-8-12-21(19)28)25(35)17-34-31-26(30-32-34)18-13-14-23(37-2)24(15-18)38-3/h5,8-9,12-15,20,22H,4,6-7,10-11,16-17H2,1-3H3,(H,29,36)/t22-/m0/s1. The van der Waals surface area contributed by atoms with Gasteiger partial charge in [-0.1, -0.05) is 38.0 Å². The van der Waals surface area contributed by atoms with Gasteiger partial charge in [0, 0.05) is 23.7 Å². The Morgan fingerprint density at radius 3 is 2.55 bits per heavy atom. The van der Waals surface area contributed by atoms with Gasteiger partial charge in [0.05, 0.1) is 14.2 Å². The number of rotatable bonds is 11. The SMILES string of the molecule is CC[C@@H](C(=O)NC1CCCC1)N(Cc1ccccc1F)C(=O)Cn1nnc(-c2ccc(OC)c(OC)c2)n1. The number of ether oxygens (including phenoxy) is 2. The molecule has 1 aliphatic rings.